The van der Waals surface area contributed by atoms with Crippen LogP contribution in [0.15, 0.2) is 103 Å². The third-order valence-electron chi connectivity index (χ3n) is 6.34. The molecule has 3 aromatic carbocycles. The van der Waals surface area contributed by atoms with Gasteiger partial charge in [0.05, 0.1) is 32.7 Å². The maximum absolute atomic E-state index is 11.4. The minimum Gasteiger partial charge on any atom is -0.435 e. The zero-order valence-corrected chi connectivity index (χ0v) is 21.3. The van der Waals surface area contributed by atoms with Crippen molar-refractivity contribution in [3.63, 3.8) is 0 Å². The molecule has 1 unspecified atom stereocenters. The third-order valence-corrected chi connectivity index (χ3v) is 6.34. The summed E-state index contributed by atoms with van der Waals surface area (Å²) >= 11 is 0. The van der Waals surface area contributed by atoms with E-state index < -0.39 is 29.9 Å². The first-order valence-corrected chi connectivity index (χ1v) is 12.5. The molecule has 1 saturated heterocycles. The lowest BCUT2D eigenvalue weighted by atomic mass is 9.91. The highest BCUT2D eigenvalue weighted by Gasteiger charge is 2.54. The lowest BCUT2D eigenvalue weighted by molar-refractivity contribution is -0.141. The van der Waals surface area contributed by atoms with Gasteiger partial charge in [0.15, 0.2) is 0 Å². The SMILES string of the molecule is CC(=O)OC=CC1O[C@H](COCc2ccccc2)[C@@H](OCc2ccccc2)[C@@]1(C)OCc1ccccc1. The molecule has 1 aliphatic rings. The Labute approximate surface area is 218 Å². The normalized spacial score (nSPS) is 23.4. The van der Waals surface area contributed by atoms with Gasteiger partial charge in [-0.15, -0.1) is 0 Å². The van der Waals surface area contributed by atoms with E-state index in [0.29, 0.717) is 26.4 Å². The van der Waals surface area contributed by atoms with Gasteiger partial charge >= 0.3 is 5.97 Å². The zero-order chi connectivity index (χ0) is 25.9. The minimum atomic E-state index is -0.873. The Balaban J connectivity index is 1.55. The van der Waals surface area contributed by atoms with Crippen molar-refractivity contribution in [1.29, 1.82) is 0 Å². The number of esters is 1. The Morgan fingerprint density at radius 2 is 1.38 bits per heavy atom. The van der Waals surface area contributed by atoms with E-state index in [2.05, 4.69) is 0 Å². The highest BCUT2D eigenvalue weighted by atomic mass is 16.6. The first-order chi connectivity index (χ1) is 18.0. The van der Waals surface area contributed by atoms with Crippen LogP contribution >= 0.6 is 0 Å². The van der Waals surface area contributed by atoms with Gasteiger partial charge in [-0.2, -0.15) is 0 Å². The van der Waals surface area contributed by atoms with E-state index in [0.717, 1.165) is 16.7 Å². The lowest BCUT2D eigenvalue weighted by Crippen LogP contribution is -2.49. The molecule has 4 rings (SSSR count). The Kier molecular flexibility index (Phi) is 9.63. The van der Waals surface area contributed by atoms with Crippen molar-refractivity contribution in [3.05, 3.63) is 120 Å². The van der Waals surface area contributed by atoms with Crippen LogP contribution in [0.3, 0.4) is 0 Å². The van der Waals surface area contributed by atoms with Crippen LogP contribution in [0.1, 0.15) is 30.5 Å². The molecule has 1 heterocycles. The first kappa shape index (κ1) is 26.8. The summed E-state index contributed by atoms with van der Waals surface area (Å²) in [5.74, 6) is -0.402. The molecule has 0 aromatic heterocycles. The number of ether oxygens (including phenoxy) is 5. The molecule has 1 fully saturated rings. The topological polar surface area (TPSA) is 63.2 Å². The molecule has 6 nitrogen and oxygen atoms in total. The third kappa shape index (κ3) is 7.60. The Bertz CT molecular complexity index is 1120. The molecule has 0 aliphatic carbocycles. The van der Waals surface area contributed by atoms with Crippen molar-refractivity contribution in [2.75, 3.05) is 6.61 Å². The Morgan fingerprint density at radius 3 is 1.95 bits per heavy atom. The van der Waals surface area contributed by atoms with Gasteiger partial charge in [-0.1, -0.05) is 91.0 Å². The fourth-order valence-electron chi connectivity index (χ4n) is 4.37. The van der Waals surface area contributed by atoms with Crippen molar-refractivity contribution in [2.45, 2.75) is 57.6 Å². The van der Waals surface area contributed by atoms with E-state index in [9.17, 15) is 4.79 Å². The Hall–Kier alpha value is -3.29. The molecular formula is C31H34O6. The molecule has 4 atom stereocenters. The molecule has 0 N–H and O–H groups in total. The van der Waals surface area contributed by atoms with Crippen LogP contribution in [0.5, 0.6) is 0 Å². The quantitative estimate of drug-likeness (QED) is 0.237. The smallest absolute Gasteiger partial charge is 0.307 e. The van der Waals surface area contributed by atoms with Crippen LogP contribution in [-0.2, 0) is 48.3 Å². The van der Waals surface area contributed by atoms with E-state index in [1.54, 1.807) is 6.08 Å². The summed E-state index contributed by atoms with van der Waals surface area (Å²) in [6.45, 7) is 4.89. The molecule has 1 aliphatic heterocycles. The van der Waals surface area contributed by atoms with Crippen LogP contribution < -0.4 is 0 Å². The van der Waals surface area contributed by atoms with Crippen molar-refractivity contribution >= 4 is 5.97 Å². The van der Waals surface area contributed by atoms with Gasteiger partial charge in [0.1, 0.15) is 23.9 Å². The number of rotatable bonds is 12. The van der Waals surface area contributed by atoms with E-state index >= 15 is 0 Å². The van der Waals surface area contributed by atoms with Crippen LogP contribution in [-0.4, -0.2) is 36.5 Å². The van der Waals surface area contributed by atoms with E-state index in [-0.39, 0.29) is 0 Å². The summed E-state index contributed by atoms with van der Waals surface area (Å²) in [7, 11) is 0. The summed E-state index contributed by atoms with van der Waals surface area (Å²) in [5, 5.41) is 0. The number of carbonyl (C=O) groups excluding carboxylic acids is 1. The molecule has 37 heavy (non-hydrogen) atoms. The average molecular weight is 503 g/mol. The second-order valence-corrected chi connectivity index (χ2v) is 9.21. The summed E-state index contributed by atoms with van der Waals surface area (Å²) in [6.07, 6.45) is 1.70. The van der Waals surface area contributed by atoms with Gasteiger partial charge in [-0.05, 0) is 29.7 Å². The van der Waals surface area contributed by atoms with Gasteiger partial charge in [-0.3, -0.25) is 4.79 Å². The van der Waals surface area contributed by atoms with Crippen LogP contribution in [0.4, 0.5) is 0 Å². The summed E-state index contributed by atoms with van der Waals surface area (Å²) < 4.78 is 30.6. The predicted molar refractivity (Wildman–Crippen MR) is 140 cm³/mol. The summed E-state index contributed by atoms with van der Waals surface area (Å²) in [4.78, 5) is 11.4. The van der Waals surface area contributed by atoms with Crippen molar-refractivity contribution in [2.24, 2.45) is 0 Å². The van der Waals surface area contributed by atoms with Crippen molar-refractivity contribution in [3.8, 4) is 0 Å². The molecule has 194 valence electrons. The van der Waals surface area contributed by atoms with E-state index in [1.165, 1.54) is 13.2 Å². The van der Waals surface area contributed by atoms with Gasteiger partial charge < -0.3 is 23.7 Å². The highest BCUT2D eigenvalue weighted by Crippen LogP contribution is 2.39. The fraction of sp³-hybridized carbons (Fsp3) is 0.323. The molecule has 0 spiro atoms. The largest absolute Gasteiger partial charge is 0.435 e. The maximum atomic E-state index is 11.4. The second kappa shape index (κ2) is 13.3. The van der Waals surface area contributed by atoms with Gasteiger partial charge in [0, 0.05) is 6.92 Å². The number of hydrogen-bond acceptors (Lipinski definition) is 6. The van der Waals surface area contributed by atoms with Gasteiger partial charge in [-0.25, -0.2) is 0 Å². The predicted octanol–water partition coefficient (Wildman–Crippen LogP) is 5.61. The molecule has 0 amide bonds. The Morgan fingerprint density at radius 1 is 0.838 bits per heavy atom. The lowest BCUT2D eigenvalue weighted by Gasteiger charge is -2.34. The van der Waals surface area contributed by atoms with Crippen LogP contribution in [0.2, 0.25) is 0 Å². The van der Waals surface area contributed by atoms with Gasteiger partial charge in [0.2, 0.25) is 0 Å². The molecule has 0 saturated carbocycles. The molecule has 6 heteroatoms. The molecule has 0 radical (unpaired) electrons. The van der Waals surface area contributed by atoms with Crippen molar-refractivity contribution < 1.29 is 28.5 Å². The fourth-order valence-corrected chi connectivity index (χ4v) is 4.37. The average Bonchev–Trinajstić information content (AvgIpc) is 3.18. The standard InChI is InChI=1S/C31H34O6/c1-24(32)34-19-18-29-31(2,36-22-27-16-10-5-11-17-27)30(35-21-26-14-8-4-9-15-26)28(37-29)23-33-20-25-12-6-3-7-13-25/h3-19,28-30H,20-23H2,1-2H3/t28-,29?,30-,31+/m1/s1. The summed E-state index contributed by atoms with van der Waals surface area (Å²) in [6, 6.07) is 30.0. The molecule has 0 bridgehead atoms. The van der Waals surface area contributed by atoms with Crippen LogP contribution in [0.25, 0.3) is 0 Å². The van der Waals surface area contributed by atoms with Crippen molar-refractivity contribution in [1.82, 2.24) is 0 Å². The monoisotopic (exact) mass is 502 g/mol. The second-order valence-electron chi connectivity index (χ2n) is 9.21. The zero-order valence-electron chi connectivity index (χ0n) is 21.3. The highest BCUT2D eigenvalue weighted by molar-refractivity contribution is 5.66. The number of carbonyl (C=O) groups is 1. The first-order valence-electron chi connectivity index (χ1n) is 12.5. The molecule has 3 aromatic rings. The number of hydrogen-bond donors (Lipinski definition) is 0. The minimum absolute atomic E-state index is 0.316. The van der Waals surface area contributed by atoms with Crippen LogP contribution in [0, 0.1) is 0 Å². The number of benzene rings is 3. The molecular weight excluding hydrogens is 468 g/mol. The van der Waals surface area contributed by atoms with Gasteiger partial charge in [0.25, 0.3) is 0 Å². The van der Waals surface area contributed by atoms with E-state index in [1.807, 2.05) is 97.9 Å². The maximum Gasteiger partial charge on any atom is 0.307 e. The van der Waals surface area contributed by atoms with E-state index in [4.69, 9.17) is 23.7 Å². The summed E-state index contributed by atoms with van der Waals surface area (Å²) in [5.41, 5.74) is 2.30.